The molecule has 0 radical (unpaired) electrons. The van der Waals surface area contributed by atoms with E-state index >= 15 is 0 Å². The van der Waals surface area contributed by atoms with Gasteiger partial charge in [-0.1, -0.05) is 12.8 Å². The zero-order valence-electron chi connectivity index (χ0n) is 7.19. The summed E-state index contributed by atoms with van der Waals surface area (Å²) in [4.78, 5) is 10.1. The lowest BCUT2D eigenvalue weighted by atomic mass is 10.3. The van der Waals surface area contributed by atoms with E-state index in [2.05, 4.69) is 0 Å². The van der Waals surface area contributed by atoms with Crippen LogP contribution >= 0.6 is 0 Å². The van der Waals surface area contributed by atoms with Crippen LogP contribution in [0.1, 0.15) is 19.3 Å². The average Bonchev–Trinajstić information content (AvgIpc) is 2.81. The van der Waals surface area contributed by atoms with E-state index in [0.29, 0.717) is 12.3 Å². The standard InChI is InChI=1S/C7H13NO4S/c9-7(10)5-8-13(11,12)4-3-6-1-2-6/h6,8H,1-5H2,(H,9,10). The maximum Gasteiger partial charge on any atom is 0.318 e. The number of hydrogen-bond donors (Lipinski definition) is 2. The molecule has 1 saturated carbocycles. The van der Waals surface area contributed by atoms with Gasteiger partial charge in [-0.15, -0.1) is 0 Å². The molecule has 5 nitrogen and oxygen atoms in total. The fraction of sp³-hybridized carbons (Fsp3) is 0.857. The van der Waals surface area contributed by atoms with Crippen LogP contribution in [-0.2, 0) is 14.8 Å². The third-order valence-corrected chi connectivity index (χ3v) is 3.29. The second-order valence-corrected chi connectivity index (χ2v) is 5.19. The first-order valence-corrected chi connectivity index (χ1v) is 5.84. The average molecular weight is 207 g/mol. The summed E-state index contributed by atoms with van der Waals surface area (Å²) in [6.45, 7) is -0.521. The predicted octanol–water partition coefficient (Wildman–Crippen LogP) is -0.210. The van der Waals surface area contributed by atoms with Crippen molar-refractivity contribution in [3.05, 3.63) is 0 Å². The lowest BCUT2D eigenvalue weighted by Gasteiger charge is -2.02. The number of nitrogens with one attached hydrogen (secondary N) is 1. The first-order valence-electron chi connectivity index (χ1n) is 4.19. The first-order chi connectivity index (χ1) is 5.99. The molecule has 0 spiro atoms. The number of carboxylic acids is 1. The van der Waals surface area contributed by atoms with E-state index in [4.69, 9.17) is 5.11 Å². The molecule has 0 saturated heterocycles. The molecule has 1 aliphatic carbocycles. The molecule has 2 N–H and O–H groups in total. The maximum absolute atomic E-state index is 11.1. The fourth-order valence-corrected chi connectivity index (χ4v) is 2.10. The maximum atomic E-state index is 11.1. The minimum absolute atomic E-state index is 0.0466. The third-order valence-electron chi connectivity index (χ3n) is 1.94. The molecular formula is C7H13NO4S. The highest BCUT2D eigenvalue weighted by Crippen LogP contribution is 2.32. The number of aliphatic carboxylic acids is 1. The van der Waals surface area contributed by atoms with Crippen LogP contribution in [0.3, 0.4) is 0 Å². The minimum Gasteiger partial charge on any atom is -0.480 e. The normalized spacial score (nSPS) is 17.2. The van der Waals surface area contributed by atoms with E-state index in [1.54, 1.807) is 0 Å². The summed E-state index contributed by atoms with van der Waals surface area (Å²) in [5.74, 6) is -0.568. The molecule has 0 atom stereocenters. The van der Waals surface area contributed by atoms with Crippen molar-refractivity contribution in [1.82, 2.24) is 4.72 Å². The van der Waals surface area contributed by atoms with Gasteiger partial charge in [-0.3, -0.25) is 4.79 Å². The third kappa shape index (κ3) is 4.84. The smallest absolute Gasteiger partial charge is 0.318 e. The van der Waals surface area contributed by atoms with E-state index in [1.807, 2.05) is 4.72 Å². The SMILES string of the molecule is O=C(O)CNS(=O)(=O)CCC1CC1. The Hall–Kier alpha value is -0.620. The van der Waals surface area contributed by atoms with Gasteiger partial charge in [0.15, 0.2) is 0 Å². The summed E-state index contributed by atoms with van der Waals surface area (Å²) in [6, 6.07) is 0. The van der Waals surface area contributed by atoms with Gasteiger partial charge < -0.3 is 5.11 Å². The van der Waals surface area contributed by atoms with Gasteiger partial charge in [0.2, 0.25) is 10.0 Å². The van der Waals surface area contributed by atoms with Crippen molar-refractivity contribution in [2.75, 3.05) is 12.3 Å². The summed E-state index contributed by atoms with van der Waals surface area (Å²) >= 11 is 0. The molecule has 0 amide bonds. The van der Waals surface area contributed by atoms with Crippen molar-refractivity contribution >= 4 is 16.0 Å². The van der Waals surface area contributed by atoms with Crippen molar-refractivity contribution in [1.29, 1.82) is 0 Å². The Morgan fingerprint density at radius 2 is 2.08 bits per heavy atom. The molecular weight excluding hydrogens is 194 g/mol. The van der Waals surface area contributed by atoms with Crippen molar-refractivity contribution in [2.24, 2.45) is 5.92 Å². The fourth-order valence-electron chi connectivity index (χ4n) is 0.972. The predicted molar refractivity (Wildman–Crippen MR) is 46.8 cm³/mol. The van der Waals surface area contributed by atoms with Crippen LogP contribution in [0.15, 0.2) is 0 Å². The minimum atomic E-state index is -3.36. The van der Waals surface area contributed by atoms with Gasteiger partial charge in [-0.25, -0.2) is 13.1 Å². The molecule has 0 aromatic rings. The van der Waals surface area contributed by atoms with Crippen LogP contribution in [0.2, 0.25) is 0 Å². The lowest BCUT2D eigenvalue weighted by Crippen LogP contribution is -2.31. The number of rotatable bonds is 6. The Labute approximate surface area is 77.2 Å². The van der Waals surface area contributed by atoms with Gasteiger partial charge >= 0.3 is 5.97 Å². The van der Waals surface area contributed by atoms with Gasteiger partial charge in [0.1, 0.15) is 6.54 Å². The number of hydrogen-bond acceptors (Lipinski definition) is 3. The quantitative estimate of drug-likeness (QED) is 0.631. The van der Waals surface area contributed by atoms with E-state index < -0.39 is 22.5 Å². The van der Waals surface area contributed by atoms with Crippen molar-refractivity contribution in [2.45, 2.75) is 19.3 Å². The number of sulfonamides is 1. The van der Waals surface area contributed by atoms with Crippen LogP contribution in [0.25, 0.3) is 0 Å². The van der Waals surface area contributed by atoms with Crippen molar-refractivity contribution in [3.63, 3.8) is 0 Å². The highest BCUT2D eigenvalue weighted by molar-refractivity contribution is 7.89. The lowest BCUT2D eigenvalue weighted by molar-refractivity contribution is -0.135. The van der Waals surface area contributed by atoms with Crippen LogP contribution in [0.4, 0.5) is 0 Å². The number of carbonyl (C=O) groups is 1. The summed E-state index contributed by atoms with van der Waals surface area (Å²) in [5, 5.41) is 8.24. The van der Waals surface area contributed by atoms with Gasteiger partial charge in [0, 0.05) is 0 Å². The molecule has 0 aromatic heterocycles. The highest BCUT2D eigenvalue weighted by Gasteiger charge is 2.23. The van der Waals surface area contributed by atoms with Gasteiger partial charge in [0.05, 0.1) is 5.75 Å². The summed E-state index contributed by atoms with van der Waals surface area (Å²) in [6.07, 6.45) is 2.86. The zero-order chi connectivity index (χ0) is 9.90. The molecule has 6 heteroatoms. The van der Waals surface area contributed by atoms with E-state index in [1.165, 1.54) is 0 Å². The molecule has 0 aliphatic heterocycles. The van der Waals surface area contributed by atoms with E-state index in [9.17, 15) is 13.2 Å². The molecule has 1 rings (SSSR count). The van der Waals surface area contributed by atoms with Gasteiger partial charge in [-0.2, -0.15) is 0 Å². The summed E-state index contributed by atoms with van der Waals surface area (Å²) < 4.78 is 24.2. The molecule has 0 unspecified atom stereocenters. The van der Waals surface area contributed by atoms with Crippen LogP contribution < -0.4 is 4.72 Å². The Kier molecular flexibility index (Phi) is 3.27. The van der Waals surface area contributed by atoms with Crippen LogP contribution in [0.5, 0.6) is 0 Å². The molecule has 0 bridgehead atoms. The van der Waals surface area contributed by atoms with Crippen molar-refractivity contribution < 1.29 is 18.3 Å². The Morgan fingerprint density at radius 1 is 1.46 bits per heavy atom. The van der Waals surface area contributed by atoms with E-state index in [-0.39, 0.29) is 5.75 Å². The summed E-state index contributed by atoms with van der Waals surface area (Å²) in [7, 11) is -3.36. The first kappa shape index (κ1) is 10.5. The highest BCUT2D eigenvalue weighted by atomic mass is 32.2. The molecule has 1 aliphatic rings. The molecule has 13 heavy (non-hydrogen) atoms. The van der Waals surface area contributed by atoms with Crippen molar-refractivity contribution in [3.8, 4) is 0 Å². The second kappa shape index (κ2) is 4.06. The topological polar surface area (TPSA) is 83.5 Å². The molecule has 0 aromatic carbocycles. The zero-order valence-corrected chi connectivity index (χ0v) is 8.01. The molecule has 1 fully saturated rings. The Balaban J connectivity index is 2.23. The van der Waals surface area contributed by atoms with E-state index in [0.717, 1.165) is 12.8 Å². The van der Waals surface area contributed by atoms with Gasteiger partial charge in [-0.05, 0) is 12.3 Å². The summed E-state index contributed by atoms with van der Waals surface area (Å²) in [5.41, 5.74) is 0. The largest absolute Gasteiger partial charge is 0.480 e. The second-order valence-electron chi connectivity index (χ2n) is 3.27. The van der Waals surface area contributed by atoms with Crippen LogP contribution in [-0.4, -0.2) is 31.8 Å². The Morgan fingerprint density at radius 3 is 2.54 bits per heavy atom. The Bertz CT molecular complexity index is 281. The molecule has 0 heterocycles. The molecule has 76 valence electrons. The monoisotopic (exact) mass is 207 g/mol. The number of carboxylic acid groups (broad SMARTS) is 1. The van der Waals surface area contributed by atoms with Gasteiger partial charge in [0.25, 0.3) is 0 Å². The van der Waals surface area contributed by atoms with Crippen LogP contribution in [0, 0.1) is 5.92 Å².